The summed E-state index contributed by atoms with van der Waals surface area (Å²) in [5, 5.41) is 0. The third-order valence-electron chi connectivity index (χ3n) is 3.64. The molecule has 0 spiro atoms. The number of para-hydroxylation sites is 3. The third-order valence-corrected chi connectivity index (χ3v) is 4.94. The summed E-state index contributed by atoms with van der Waals surface area (Å²) in [7, 11) is -1.42. The predicted molar refractivity (Wildman–Crippen MR) is 97.8 cm³/mol. The summed E-state index contributed by atoms with van der Waals surface area (Å²) in [6.45, 7) is 4.04. The van der Waals surface area contributed by atoms with Crippen molar-refractivity contribution in [2.45, 2.75) is 20.3 Å². The van der Waals surface area contributed by atoms with E-state index < -0.39 is 10.0 Å². The van der Waals surface area contributed by atoms with Gasteiger partial charge in [-0.3, -0.25) is 4.72 Å². The summed E-state index contributed by atoms with van der Waals surface area (Å²) in [5.41, 5.74) is 2.43. The SMILES string of the molecule is CC(C)CCS(=O)(=O)Nc1ccccc1N(C)c1ccccc1. The summed E-state index contributed by atoms with van der Waals surface area (Å²) >= 11 is 0. The largest absolute Gasteiger partial charge is 0.343 e. The lowest BCUT2D eigenvalue weighted by atomic mass is 10.2. The Labute approximate surface area is 139 Å². The number of nitrogens with one attached hydrogen (secondary N) is 1. The maximum Gasteiger partial charge on any atom is 0.232 e. The second kappa shape index (κ2) is 7.51. The maximum atomic E-state index is 12.3. The number of rotatable bonds is 7. The van der Waals surface area contributed by atoms with Crippen LogP contribution in [0, 0.1) is 5.92 Å². The molecule has 5 heteroatoms. The van der Waals surface area contributed by atoms with Gasteiger partial charge < -0.3 is 4.90 Å². The summed E-state index contributed by atoms with van der Waals surface area (Å²) in [5.74, 6) is 0.488. The predicted octanol–water partition coefficient (Wildman–Crippen LogP) is 4.24. The molecule has 2 rings (SSSR count). The zero-order valence-corrected chi connectivity index (χ0v) is 14.7. The van der Waals surface area contributed by atoms with Crippen molar-refractivity contribution in [3.05, 3.63) is 54.6 Å². The molecule has 124 valence electrons. The Balaban J connectivity index is 2.24. The first-order chi connectivity index (χ1) is 10.9. The molecule has 0 saturated heterocycles. The van der Waals surface area contributed by atoms with Crippen LogP contribution in [-0.2, 0) is 10.0 Å². The molecule has 0 amide bonds. The molecule has 0 aliphatic heterocycles. The van der Waals surface area contributed by atoms with Gasteiger partial charge in [-0.25, -0.2) is 8.42 Å². The minimum Gasteiger partial charge on any atom is -0.343 e. The molecular weight excluding hydrogens is 308 g/mol. The summed E-state index contributed by atoms with van der Waals surface area (Å²) < 4.78 is 27.3. The van der Waals surface area contributed by atoms with E-state index >= 15 is 0 Å². The monoisotopic (exact) mass is 332 g/mol. The molecule has 0 aromatic heterocycles. The van der Waals surface area contributed by atoms with Crippen LogP contribution in [0.5, 0.6) is 0 Å². The topological polar surface area (TPSA) is 49.4 Å². The van der Waals surface area contributed by atoms with Crippen LogP contribution in [0.1, 0.15) is 20.3 Å². The van der Waals surface area contributed by atoms with Gasteiger partial charge in [-0.05, 0) is 36.6 Å². The fourth-order valence-electron chi connectivity index (χ4n) is 2.25. The highest BCUT2D eigenvalue weighted by atomic mass is 32.2. The third kappa shape index (κ3) is 4.99. The van der Waals surface area contributed by atoms with Crippen LogP contribution in [0.25, 0.3) is 0 Å². The van der Waals surface area contributed by atoms with Crippen molar-refractivity contribution >= 4 is 27.1 Å². The molecule has 23 heavy (non-hydrogen) atoms. The van der Waals surface area contributed by atoms with E-state index in [0.29, 0.717) is 18.0 Å². The Morgan fingerprint density at radius 2 is 1.61 bits per heavy atom. The fraction of sp³-hybridized carbons (Fsp3) is 0.333. The second-order valence-electron chi connectivity index (χ2n) is 6.02. The minimum atomic E-state index is -3.34. The van der Waals surface area contributed by atoms with Crippen LogP contribution >= 0.6 is 0 Å². The average molecular weight is 332 g/mol. The smallest absolute Gasteiger partial charge is 0.232 e. The molecule has 2 aromatic rings. The Hall–Kier alpha value is -2.01. The van der Waals surface area contributed by atoms with Crippen LogP contribution < -0.4 is 9.62 Å². The van der Waals surface area contributed by atoms with E-state index in [1.807, 2.05) is 74.3 Å². The second-order valence-corrected chi connectivity index (χ2v) is 7.86. The van der Waals surface area contributed by atoms with Gasteiger partial charge in [-0.15, -0.1) is 0 Å². The maximum absolute atomic E-state index is 12.3. The van der Waals surface area contributed by atoms with Crippen LogP contribution in [-0.4, -0.2) is 21.2 Å². The molecule has 0 aliphatic carbocycles. The van der Waals surface area contributed by atoms with Crippen LogP contribution in [0.2, 0.25) is 0 Å². The molecule has 0 atom stereocenters. The van der Waals surface area contributed by atoms with Crippen molar-refractivity contribution in [3.8, 4) is 0 Å². The highest BCUT2D eigenvalue weighted by Gasteiger charge is 2.15. The zero-order chi connectivity index (χ0) is 16.9. The highest BCUT2D eigenvalue weighted by molar-refractivity contribution is 7.92. The first-order valence-electron chi connectivity index (χ1n) is 7.77. The van der Waals surface area contributed by atoms with Gasteiger partial charge in [-0.2, -0.15) is 0 Å². The van der Waals surface area contributed by atoms with E-state index in [-0.39, 0.29) is 5.75 Å². The van der Waals surface area contributed by atoms with E-state index in [0.717, 1.165) is 11.4 Å². The van der Waals surface area contributed by atoms with E-state index in [9.17, 15) is 8.42 Å². The van der Waals surface area contributed by atoms with Gasteiger partial charge in [0.05, 0.1) is 17.1 Å². The van der Waals surface area contributed by atoms with Gasteiger partial charge in [0.1, 0.15) is 0 Å². The minimum absolute atomic E-state index is 0.133. The quantitative estimate of drug-likeness (QED) is 0.825. The van der Waals surface area contributed by atoms with Crippen molar-refractivity contribution in [2.24, 2.45) is 5.92 Å². The Kier molecular flexibility index (Phi) is 5.66. The van der Waals surface area contributed by atoms with Crippen molar-refractivity contribution in [3.63, 3.8) is 0 Å². The van der Waals surface area contributed by atoms with Gasteiger partial charge in [0, 0.05) is 12.7 Å². The van der Waals surface area contributed by atoms with Crippen LogP contribution in [0.3, 0.4) is 0 Å². The number of hydrogen-bond acceptors (Lipinski definition) is 3. The first kappa shape index (κ1) is 17.3. The lowest BCUT2D eigenvalue weighted by molar-refractivity contribution is 0.578. The van der Waals surface area contributed by atoms with Crippen molar-refractivity contribution in [2.75, 3.05) is 22.4 Å². The molecule has 0 bridgehead atoms. The Bertz CT molecular complexity index is 728. The first-order valence-corrected chi connectivity index (χ1v) is 9.42. The number of sulfonamides is 1. The Morgan fingerprint density at radius 1 is 1.00 bits per heavy atom. The van der Waals surface area contributed by atoms with Crippen LogP contribution in [0.4, 0.5) is 17.1 Å². The highest BCUT2D eigenvalue weighted by Crippen LogP contribution is 2.31. The molecule has 0 saturated carbocycles. The summed E-state index contributed by atoms with van der Waals surface area (Å²) in [6, 6.07) is 17.3. The number of nitrogens with zero attached hydrogens (tertiary/aromatic N) is 1. The molecule has 2 aromatic carbocycles. The van der Waals surface area contributed by atoms with Gasteiger partial charge in [-0.1, -0.05) is 44.2 Å². The molecule has 1 N–H and O–H groups in total. The lowest BCUT2D eigenvalue weighted by Gasteiger charge is -2.23. The normalized spacial score (nSPS) is 11.5. The van der Waals surface area contributed by atoms with E-state index in [4.69, 9.17) is 0 Å². The van der Waals surface area contributed by atoms with Crippen molar-refractivity contribution < 1.29 is 8.42 Å². The zero-order valence-electron chi connectivity index (χ0n) is 13.9. The lowest BCUT2D eigenvalue weighted by Crippen LogP contribution is -2.20. The van der Waals surface area contributed by atoms with Gasteiger partial charge in [0.25, 0.3) is 0 Å². The van der Waals surface area contributed by atoms with Gasteiger partial charge in [0.2, 0.25) is 10.0 Å². The molecular formula is C18H24N2O2S. The molecule has 4 nitrogen and oxygen atoms in total. The molecule has 0 aliphatic rings. The van der Waals surface area contributed by atoms with Crippen molar-refractivity contribution in [1.29, 1.82) is 0 Å². The molecule has 0 unspecified atom stereocenters. The standard InChI is InChI=1S/C18H24N2O2S/c1-15(2)13-14-23(21,22)19-17-11-7-8-12-18(17)20(3)16-9-5-4-6-10-16/h4-12,15,19H,13-14H2,1-3H3. The fourth-order valence-corrected chi connectivity index (χ4v) is 3.64. The van der Waals surface area contributed by atoms with Gasteiger partial charge in [0.15, 0.2) is 0 Å². The van der Waals surface area contributed by atoms with Gasteiger partial charge >= 0.3 is 0 Å². The molecule has 0 heterocycles. The van der Waals surface area contributed by atoms with E-state index in [1.165, 1.54) is 0 Å². The summed E-state index contributed by atoms with van der Waals surface area (Å²) in [4.78, 5) is 1.97. The van der Waals surface area contributed by atoms with E-state index in [1.54, 1.807) is 6.07 Å². The number of benzene rings is 2. The number of anilines is 3. The Morgan fingerprint density at radius 3 is 2.26 bits per heavy atom. The molecule has 0 fully saturated rings. The van der Waals surface area contributed by atoms with Crippen molar-refractivity contribution in [1.82, 2.24) is 0 Å². The summed E-state index contributed by atoms with van der Waals surface area (Å²) in [6.07, 6.45) is 0.645. The van der Waals surface area contributed by atoms with E-state index in [2.05, 4.69) is 4.72 Å². The average Bonchev–Trinajstić information content (AvgIpc) is 2.53. The van der Waals surface area contributed by atoms with Crippen LogP contribution in [0.15, 0.2) is 54.6 Å². The number of hydrogen-bond donors (Lipinski definition) is 1. The molecule has 0 radical (unpaired) electrons.